The molecule has 0 bridgehead atoms. The normalized spacial score (nSPS) is 10.7. The zero-order valence-electron chi connectivity index (χ0n) is 11.8. The highest BCUT2D eigenvalue weighted by Crippen LogP contribution is 2.33. The lowest BCUT2D eigenvalue weighted by atomic mass is 10.0. The molecule has 0 aromatic heterocycles. The molecule has 0 saturated carbocycles. The summed E-state index contributed by atoms with van der Waals surface area (Å²) >= 11 is 3.48. The lowest BCUT2D eigenvalue weighted by Crippen LogP contribution is -1.96. The van der Waals surface area contributed by atoms with E-state index >= 15 is 0 Å². The molecule has 0 radical (unpaired) electrons. The highest BCUT2D eigenvalue weighted by molar-refractivity contribution is 9.10. The van der Waals surface area contributed by atoms with Crippen molar-refractivity contribution in [3.8, 4) is 11.5 Å². The average molecular weight is 333 g/mol. The Bertz CT molecular complexity index is 633. The molecular formula is C17H17BrO2. The number of ketones is 1. The van der Waals surface area contributed by atoms with Crippen LogP contribution in [0.15, 0.2) is 46.9 Å². The molecule has 0 aliphatic rings. The second-order valence-corrected chi connectivity index (χ2v) is 5.94. The highest BCUT2D eigenvalue weighted by atomic mass is 79.9. The fraction of sp³-hybridized carbons (Fsp3) is 0.235. The minimum atomic E-state index is 0.0374. The Morgan fingerprint density at radius 2 is 1.90 bits per heavy atom. The molecule has 0 unspecified atom stereocenters. The lowest BCUT2D eigenvalue weighted by Gasteiger charge is -2.14. The SMILES string of the molecule is CC(=O)c1cccc(Oc2ccc(Br)cc2C(C)C)c1. The smallest absolute Gasteiger partial charge is 0.159 e. The van der Waals surface area contributed by atoms with Crippen molar-refractivity contribution >= 4 is 21.7 Å². The van der Waals surface area contributed by atoms with Crippen LogP contribution in [0.5, 0.6) is 11.5 Å². The third-order valence-electron chi connectivity index (χ3n) is 3.06. The van der Waals surface area contributed by atoms with E-state index in [9.17, 15) is 4.79 Å². The van der Waals surface area contributed by atoms with Gasteiger partial charge in [0.25, 0.3) is 0 Å². The molecular weight excluding hydrogens is 316 g/mol. The number of carbonyl (C=O) groups is 1. The number of ether oxygens (including phenoxy) is 1. The summed E-state index contributed by atoms with van der Waals surface area (Å²) in [4.78, 5) is 11.4. The monoisotopic (exact) mass is 332 g/mol. The maximum absolute atomic E-state index is 11.4. The van der Waals surface area contributed by atoms with Gasteiger partial charge in [-0.15, -0.1) is 0 Å². The molecule has 0 saturated heterocycles. The van der Waals surface area contributed by atoms with E-state index in [1.807, 2.05) is 24.3 Å². The highest BCUT2D eigenvalue weighted by Gasteiger charge is 2.10. The maximum atomic E-state index is 11.4. The van der Waals surface area contributed by atoms with Crippen molar-refractivity contribution in [1.82, 2.24) is 0 Å². The number of hydrogen-bond acceptors (Lipinski definition) is 2. The molecule has 0 fully saturated rings. The van der Waals surface area contributed by atoms with Gasteiger partial charge in [0.15, 0.2) is 5.78 Å². The fourth-order valence-electron chi connectivity index (χ4n) is 1.97. The summed E-state index contributed by atoms with van der Waals surface area (Å²) in [5.74, 6) is 1.90. The second kappa shape index (κ2) is 6.23. The molecule has 2 rings (SSSR count). The predicted molar refractivity (Wildman–Crippen MR) is 84.8 cm³/mol. The number of Topliss-reactive ketones (excluding diaryl/α,β-unsaturated/α-hetero) is 1. The van der Waals surface area contributed by atoms with Crippen LogP contribution in [0.3, 0.4) is 0 Å². The van der Waals surface area contributed by atoms with Gasteiger partial charge in [-0.3, -0.25) is 4.79 Å². The van der Waals surface area contributed by atoms with Crippen LogP contribution in [0.2, 0.25) is 0 Å². The van der Waals surface area contributed by atoms with E-state index in [-0.39, 0.29) is 5.78 Å². The van der Waals surface area contributed by atoms with Gasteiger partial charge in [0.2, 0.25) is 0 Å². The van der Waals surface area contributed by atoms with E-state index in [2.05, 4.69) is 35.8 Å². The first-order valence-corrected chi connectivity index (χ1v) is 7.35. The Labute approximate surface area is 127 Å². The lowest BCUT2D eigenvalue weighted by molar-refractivity contribution is 0.101. The number of rotatable bonds is 4. The molecule has 0 aliphatic carbocycles. The van der Waals surface area contributed by atoms with Crippen molar-refractivity contribution in [2.75, 3.05) is 0 Å². The van der Waals surface area contributed by atoms with Crippen molar-refractivity contribution in [1.29, 1.82) is 0 Å². The molecule has 2 aromatic rings. The average Bonchev–Trinajstić information content (AvgIpc) is 2.41. The molecule has 0 atom stereocenters. The van der Waals surface area contributed by atoms with Gasteiger partial charge in [-0.05, 0) is 48.7 Å². The zero-order chi connectivity index (χ0) is 14.7. The topological polar surface area (TPSA) is 26.3 Å². The summed E-state index contributed by atoms with van der Waals surface area (Å²) in [5.41, 5.74) is 1.79. The van der Waals surface area contributed by atoms with E-state index in [1.54, 1.807) is 19.1 Å². The molecule has 3 heteroatoms. The molecule has 104 valence electrons. The standard InChI is InChI=1S/C17H17BrO2/c1-11(2)16-10-14(18)7-8-17(16)20-15-6-4-5-13(9-15)12(3)19/h4-11H,1-3H3. The quantitative estimate of drug-likeness (QED) is 0.684. The number of benzene rings is 2. The minimum absolute atomic E-state index is 0.0374. The van der Waals surface area contributed by atoms with Gasteiger partial charge in [-0.1, -0.05) is 41.9 Å². The molecule has 20 heavy (non-hydrogen) atoms. The van der Waals surface area contributed by atoms with E-state index in [1.165, 1.54) is 0 Å². The first kappa shape index (κ1) is 14.8. The van der Waals surface area contributed by atoms with E-state index in [0.29, 0.717) is 17.2 Å². The zero-order valence-corrected chi connectivity index (χ0v) is 13.4. The van der Waals surface area contributed by atoms with Gasteiger partial charge in [0, 0.05) is 10.0 Å². The van der Waals surface area contributed by atoms with Crippen molar-refractivity contribution in [2.45, 2.75) is 26.7 Å². The summed E-state index contributed by atoms with van der Waals surface area (Å²) in [6, 6.07) is 13.2. The van der Waals surface area contributed by atoms with Gasteiger partial charge in [0.1, 0.15) is 11.5 Å². The summed E-state index contributed by atoms with van der Waals surface area (Å²) in [6.45, 7) is 5.81. The Balaban J connectivity index is 2.35. The summed E-state index contributed by atoms with van der Waals surface area (Å²) in [5, 5.41) is 0. The van der Waals surface area contributed by atoms with Crippen molar-refractivity contribution < 1.29 is 9.53 Å². The summed E-state index contributed by atoms with van der Waals surface area (Å²) in [6.07, 6.45) is 0. The van der Waals surface area contributed by atoms with Gasteiger partial charge in [0.05, 0.1) is 0 Å². The van der Waals surface area contributed by atoms with Crippen LogP contribution in [-0.2, 0) is 0 Å². The number of halogens is 1. The minimum Gasteiger partial charge on any atom is -0.457 e. The third-order valence-corrected chi connectivity index (χ3v) is 3.56. The number of carbonyl (C=O) groups excluding carboxylic acids is 1. The Morgan fingerprint density at radius 3 is 2.55 bits per heavy atom. The molecule has 0 N–H and O–H groups in total. The largest absolute Gasteiger partial charge is 0.457 e. The molecule has 0 spiro atoms. The van der Waals surface area contributed by atoms with Crippen LogP contribution >= 0.6 is 15.9 Å². The maximum Gasteiger partial charge on any atom is 0.159 e. The molecule has 0 heterocycles. The van der Waals surface area contributed by atoms with Crippen molar-refractivity contribution in [3.05, 3.63) is 58.1 Å². The van der Waals surface area contributed by atoms with Crippen LogP contribution in [0.1, 0.15) is 42.6 Å². The number of hydrogen-bond donors (Lipinski definition) is 0. The predicted octanol–water partition coefficient (Wildman–Crippen LogP) is 5.57. The van der Waals surface area contributed by atoms with E-state index in [0.717, 1.165) is 15.8 Å². The Hall–Kier alpha value is -1.61. The van der Waals surface area contributed by atoms with Gasteiger partial charge < -0.3 is 4.74 Å². The molecule has 0 amide bonds. The van der Waals surface area contributed by atoms with Crippen molar-refractivity contribution in [3.63, 3.8) is 0 Å². The van der Waals surface area contributed by atoms with Crippen molar-refractivity contribution in [2.24, 2.45) is 0 Å². The van der Waals surface area contributed by atoms with Crippen LogP contribution in [0.4, 0.5) is 0 Å². The first-order chi connectivity index (χ1) is 9.47. The second-order valence-electron chi connectivity index (χ2n) is 5.02. The van der Waals surface area contributed by atoms with Gasteiger partial charge >= 0.3 is 0 Å². The van der Waals surface area contributed by atoms with Gasteiger partial charge in [-0.25, -0.2) is 0 Å². The molecule has 2 aromatic carbocycles. The Morgan fingerprint density at radius 1 is 1.15 bits per heavy atom. The van der Waals surface area contributed by atoms with Gasteiger partial charge in [-0.2, -0.15) is 0 Å². The van der Waals surface area contributed by atoms with Crippen LogP contribution < -0.4 is 4.74 Å². The summed E-state index contributed by atoms with van der Waals surface area (Å²) < 4.78 is 6.98. The fourth-order valence-corrected chi connectivity index (χ4v) is 2.35. The summed E-state index contributed by atoms with van der Waals surface area (Å²) in [7, 11) is 0. The van der Waals surface area contributed by atoms with Crippen LogP contribution in [0.25, 0.3) is 0 Å². The first-order valence-electron chi connectivity index (χ1n) is 6.55. The molecule has 0 aliphatic heterocycles. The third kappa shape index (κ3) is 3.48. The Kier molecular flexibility index (Phi) is 4.61. The molecule has 2 nitrogen and oxygen atoms in total. The van der Waals surface area contributed by atoms with E-state index in [4.69, 9.17) is 4.74 Å². The van der Waals surface area contributed by atoms with Crippen LogP contribution in [-0.4, -0.2) is 5.78 Å². The van der Waals surface area contributed by atoms with Crippen LogP contribution in [0, 0.1) is 0 Å². The van der Waals surface area contributed by atoms with E-state index < -0.39 is 0 Å².